The number of anilines is 1. The van der Waals surface area contributed by atoms with Gasteiger partial charge in [-0.25, -0.2) is 0 Å². The number of rotatable bonds is 4. The van der Waals surface area contributed by atoms with Crippen LogP contribution in [0.15, 0.2) is 18.2 Å². The number of aryl methyl sites for hydroxylation is 1. The summed E-state index contributed by atoms with van der Waals surface area (Å²) in [6.07, 6.45) is 3.11. The van der Waals surface area contributed by atoms with Gasteiger partial charge in [-0.1, -0.05) is 19.1 Å². The van der Waals surface area contributed by atoms with Gasteiger partial charge in [-0.05, 0) is 50.4 Å². The Morgan fingerprint density at radius 2 is 2.05 bits per heavy atom. The highest BCUT2D eigenvalue weighted by molar-refractivity contribution is 5.97. The number of nitrogens with zero attached hydrogens (tertiary/aromatic N) is 1. The molecule has 1 aliphatic heterocycles. The Morgan fingerprint density at radius 3 is 2.68 bits per heavy atom. The van der Waals surface area contributed by atoms with E-state index in [4.69, 9.17) is 5.73 Å². The van der Waals surface area contributed by atoms with Gasteiger partial charge in [0, 0.05) is 24.2 Å². The van der Waals surface area contributed by atoms with Crippen LogP contribution in [-0.2, 0) is 0 Å². The van der Waals surface area contributed by atoms with Crippen LogP contribution in [0, 0.1) is 12.8 Å². The second kappa shape index (κ2) is 6.20. The van der Waals surface area contributed by atoms with Crippen LogP contribution in [0.25, 0.3) is 0 Å². The van der Waals surface area contributed by atoms with Crippen LogP contribution in [0.2, 0.25) is 0 Å². The molecule has 1 fully saturated rings. The first kappa shape index (κ1) is 14.1. The molecule has 0 spiro atoms. The molecule has 1 aromatic rings. The molecule has 2 N–H and O–H groups in total. The van der Waals surface area contributed by atoms with Crippen LogP contribution >= 0.6 is 0 Å². The molecule has 104 valence electrons. The Morgan fingerprint density at radius 1 is 1.37 bits per heavy atom. The zero-order valence-electron chi connectivity index (χ0n) is 12.0. The van der Waals surface area contributed by atoms with E-state index in [0.29, 0.717) is 12.1 Å². The van der Waals surface area contributed by atoms with Crippen molar-refractivity contribution in [2.75, 3.05) is 25.4 Å². The van der Waals surface area contributed by atoms with Gasteiger partial charge >= 0.3 is 0 Å². The summed E-state index contributed by atoms with van der Waals surface area (Å²) in [6, 6.07) is 5.60. The molecule has 2 rings (SSSR count). The highest BCUT2D eigenvalue weighted by atomic mass is 16.1. The van der Waals surface area contributed by atoms with E-state index in [0.717, 1.165) is 36.7 Å². The number of hydrogen-bond acceptors (Lipinski definition) is 3. The van der Waals surface area contributed by atoms with Gasteiger partial charge in [0.25, 0.3) is 0 Å². The Labute approximate surface area is 115 Å². The molecule has 0 unspecified atom stereocenters. The first-order valence-electron chi connectivity index (χ1n) is 7.18. The zero-order chi connectivity index (χ0) is 13.8. The Balaban J connectivity index is 1.85. The van der Waals surface area contributed by atoms with Crippen LogP contribution < -0.4 is 5.73 Å². The first-order valence-corrected chi connectivity index (χ1v) is 7.18. The lowest BCUT2D eigenvalue weighted by atomic mass is 9.98. The third-order valence-electron chi connectivity index (χ3n) is 4.13. The molecule has 0 atom stereocenters. The largest absolute Gasteiger partial charge is 0.398 e. The van der Waals surface area contributed by atoms with Crippen molar-refractivity contribution in [1.82, 2.24) is 4.90 Å². The van der Waals surface area contributed by atoms with Gasteiger partial charge in [0.1, 0.15) is 0 Å². The predicted molar refractivity (Wildman–Crippen MR) is 79.4 cm³/mol. The van der Waals surface area contributed by atoms with Crippen molar-refractivity contribution < 1.29 is 4.79 Å². The number of piperidine rings is 1. The number of ketones is 1. The number of benzene rings is 1. The predicted octanol–water partition coefficient (Wildman–Crippen LogP) is 2.88. The van der Waals surface area contributed by atoms with E-state index in [1.807, 2.05) is 19.1 Å². The minimum atomic E-state index is 0.199. The maximum atomic E-state index is 12.1. The summed E-state index contributed by atoms with van der Waals surface area (Å²) in [5, 5.41) is 0. The molecule has 19 heavy (non-hydrogen) atoms. The summed E-state index contributed by atoms with van der Waals surface area (Å²) >= 11 is 0. The third-order valence-corrected chi connectivity index (χ3v) is 4.13. The van der Waals surface area contributed by atoms with E-state index in [1.54, 1.807) is 6.07 Å². The van der Waals surface area contributed by atoms with E-state index in [1.165, 1.54) is 12.8 Å². The lowest BCUT2D eigenvalue weighted by molar-refractivity contribution is 0.0953. The van der Waals surface area contributed by atoms with E-state index in [2.05, 4.69) is 11.8 Å². The quantitative estimate of drug-likeness (QED) is 0.669. The van der Waals surface area contributed by atoms with Gasteiger partial charge in [-0.2, -0.15) is 0 Å². The average Bonchev–Trinajstić information content (AvgIpc) is 2.41. The van der Waals surface area contributed by atoms with E-state index in [-0.39, 0.29) is 5.78 Å². The summed E-state index contributed by atoms with van der Waals surface area (Å²) in [5.41, 5.74) is 8.33. The van der Waals surface area contributed by atoms with E-state index in [9.17, 15) is 4.79 Å². The number of likely N-dealkylation sites (tertiary alicyclic amines) is 1. The Kier molecular flexibility index (Phi) is 4.59. The maximum Gasteiger partial charge on any atom is 0.164 e. The van der Waals surface area contributed by atoms with Crippen molar-refractivity contribution in [3.05, 3.63) is 29.3 Å². The van der Waals surface area contributed by atoms with Crippen LogP contribution in [0.5, 0.6) is 0 Å². The minimum Gasteiger partial charge on any atom is -0.398 e. The topological polar surface area (TPSA) is 46.3 Å². The van der Waals surface area contributed by atoms with Crippen LogP contribution in [0.3, 0.4) is 0 Å². The summed E-state index contributed by atoms with van der Waals surface area (Å²) < 4.78 is 0. The summed E-state index contributed by atoms with van der Waals surface area (Å²) in [7, 11) is 0. The van der Waals surface area contributed by atoms with Crippen LogP contribution in [0.1, 0.15) is 42.1 Å². The summed E-state index contributed by atoms with van der Waals surface area (Å²) in [5.74, 6) is 1.04. The lowest BCUT2D eigenvalue weighted by Gasteiger charge is -2.29. The number of carbonyl (C=O) groups excluding carboxylic acids is 1. The molecular formula is C16H24N2O. The second-order valence-electron chi connectivity index (χ2n) is 5.77. The van der Waals surface area contributed by atoms with Crippen molar-refractivity contribution in [2.24, 2.45) is 5.92 Å². The molecule has 3 nitrogen and oxygen atoms in total. The minimum absolute atomic E-state index is 0.199. The van der Waals surface area contributed by atoms with Crippen LogP contribution in [0.4, 0.5) is 5.69 Å². The molecule has 1 heterocycles. The number of nitrogens with two attached hydrogens (primary N) is 1. The van der Waals surface area contributed by atoms with Gasteiger partial charge in [-0.15, -0.1) is 0 Å². The van der Waals surface area contributed by atoms with E-state index >= 15 is 0 Å². The van der Waals surface area contributed by atoms with E-state index < -0.39 is 0 Å². The standard InChI is InChI=1S/C16H24N2O/c1-12-5-8-18(9-6-12)10-7-16(19)14-4-3-13(2)15(17)11-14/h3-4,11-12H,5-10,17H2,1-2H3. The van der Waals surface area contributed by atoms with Crippen LogP contribution in [-0.4, -0.2) is 30.3 Å². The Bertz CT molecular complexity index is 448. The fraction of sp³-hybridized carbons (Fsp3) is 0.562. The summed E-state index contributed by atoms with van der Waals surface area (Å²) in [4.78, 5) is 14.5. The highest BCUT2D eigenvalue weighted by Crippen LogP contribution is 2.17. The molecule has 3 heteroatoms. The molecule has 0 aromatic heterocycles. The summed E-state index contributed by atoms with van der Waals surface area (Å²) in [6.45, 7) is 7.39. The lowest BCUT2D eigenvalue weighted by Crippen LogP contribution is -2.34. The molecule has 0 saturated carbocycles. The normalized spacial score (nSPS) is 17.6. The molecule has 0 aliphatic carbocycles. The molecule has 1 aromatic carbocycles. The number of hydrogen-bond donors (Lipinski definition) is 1. The van der Waals surface area contributed by atoms with Crippen molar-refractivity contribution in [3.8, 4) is 0 Å². The smallest absolute Gasteiger partial charge is 0.164 e. The number of Topliss-reactive ketones (excluding diaryl/α,β-unsaturated/α-hetero) is 1. The third kappa shape index (κ3) is 3.80. The number of carbonyl (C=O) groups is 1. The van der Waals surface area contributed by atoms with Gasteiger partial charge in [0.05, 0.1) is 0 Å². The van der Waals surface area contributed by atoms with Gasteiger partial charge < -0.3 is 10.6 Å². The monoisotopic (exact) mass is 260 g/mol. The maximum absolute atomic E-state index is 12.1. The fourth-order valence-corrected chi connectivity index (χ4v) is 2.50. The second-order valence-corrected chi connectivity index (χ2v) is 5.77. The average molecular weight is 260 g/mol. The van der Waals surface area contributed by atoms with Gasteiger partial charge in [0.2, 0.25) is 0 Å². The van der Waals surface area contributed by atoms with Crippen molar-refractivity contribution in [3.63, 3.8) is 0 Å². The van der Waals surface area contributed by atoms with Crippen molar-refractivity contribution in [2.45, 2.75) is 33.1 Å². The fourth-order valence-electron chi connectivity index (χ4n) is 2.50. The molecule has 1 saturated heterocycles. The van der Waals surface area contributed by atoms with Crippen molar-refractivity contribution >= 4 is 11.5 Å². The molecular weight excluding hydrogens is 236 g/mol. The zero-order valence-corrected chi connectivity index (χ0v) is 12.0. The molecule has 0 radical (unpaired) electrons. The van der Waals surface area contributed by atoms with Gasteiger partial charge in [0.15, 0.2) is 5.78 Å². The van der Waals surface area contributed by atoms with Crippen molar-refractivity contribution in [1.29, 1.82) is 0 Å². The Hall–Kier alpha value is -1.35. The molecule has 0 amide bonds. The number of nitrogen functional groups attached to an aromatic ring is 1. The SMILES string of the molecule is Cc1ccc(C(=O)CCN2CCC(C)CC2)cc1N. The molecule has 1 aliphatic rings. The first-order chi connectivity index (χ1) is 9.06. The highest BCUT2D eigenvalue weighted by Gasteiger charge is 2.16. The van der Waals surface area contributed by atoms with Gasteiger partial charge in [-0.3, -0.25) is 4.79 Å². The molecule has 0 bridgehead atoms.